The van der Waals surface area contributed by atoms with Crippen LogP contribution in [0.2, 0.25) is 0 Å². The van der Waals surface area contributed by atoms with Crippen molar-refractivity contribution in [1.82, 2.24) is 10.2 Å². The van der Waals surface area contributed by atoms with Gasteiger partial charge in [0, 0.05) is 13.6 Å². The van der Waals surface area contributed by atoms with Crippen molar-refractivity contribution in [2.24, 2.45) is 0 Å². The van der Waals surface area contributed by atoms with Crippen LogP contribution in [-0.2, 0) is 0 Å². The summed E-state index contributed by atoms with van der Waals surface area (Å²) in [6.07, 6.45) is 1.11. The second-order valence-electron chi connectivity index (χ2n) is 2.76. The highest BCUT2D eigenvalue weighted by atomic mass is 16.4. The van der Waals surface area contributed by atoms with Crippen LogP contribution in [0.3, 0.4) is 0 Å². The smallest absolute Gasteiger partial charge is 0.407 e. The molecule has 0 spiro atoms. The van der Waals surface area contributed by atoms with Crippen LogP contribution >= 0.6 is 0 Å². The van der Waals surface area contributed by atoms with Crippen molar-refractivity contribution in [2.45, 2.75) is 19.8 Å². The monoisotopic (exact) mass is 174 g/mol. The molecule has 12 heavy (non-hydrogen) atoms. The number of rotatable bonds is 6. The molecule has 1 amide bonds. The molecule has 0 atom stereocenters. The van der Waals surface area contributed by atoms with Crippen molar-refractivity contribution in [3.05, 3.63) is 0 Å². The summed E-state index contributed by atoms with van der Waals surface area (Å²) in [7, 11) is 1.59. The standard InChI is InChI=1S/C8H18N2O2/c1-3-9-6-4-5-7-10(2)8(11)12/h9H,3-7H2,1-2H3,(H,11,12). The first kappa shape index (κ1) is 11.2. The van der Waals surface area contributed by atoms with Gasteiger partial charge in [0.15, 0.2) is 0 Å². The minimum Gasteiger partial charge on any atom is -0.465 e. The van der Waals surface area contributed by atoms with E-state index in [2.05, 4.69) is 12.2 Å². The Labute approximate surface area is 73.6 Å². The van der Waals surface area contributed by atoms with Crippen LogP contribution in [0.25, 0.3) is 0 Å². The van der Waals surface area contributed by atoms with Gasteiger partial charge in [-0.15, -0.1) is 0 Å². The lowest BCUT2D eigenvalue weighted by atomic mass is 10.3. The first-order valence-corrected chi connectivity index (χ1v) is 4.33. The summed E-state index contributed by atoms with van der Waals surface area (Å²) < 4.78 is 0. The third-order valence-electron chi connectivity index (χ3n) is 1.67. The molecular weight excluding hydrogens is 156 g/mol. The maximum Gasteiger partial charge on any atom is 0.407 e. The maximum absolute atomic E-state index is 10.3. The van der Waals surface area contributed by atoms with E-state index in [4.69, 9.17) is 5.11 Å². The minimum atomic E-state index is -0.849. The summed E-state index contributed by atoms with van der Waals surface area (Å²) >= 11 is 0. The Hall–Kier alpha value is -0.770. The zero-order chi connectivity index (χ0) is 9.40. The highest BCUT2D eigenvalue weighted by Gasteiger charge is 2.02. The molecule has 0 heterocycles. The van der Waals surface area contributed by atoms with E-state index in [-0.39, 0.29) is 0 Å². The van der Waals surface area contributed by atoms with E-state index in [1.165, 1.54) is 4.90 Å². The molecule has 4 nitrogen and oxygen atoms in total. The Kier molecular flexibility index (Phi) is 6.47. The zero-order valence-corrected chi connectivity index (χ0v) is 7.84. The van der Waals surface area contributed by atoms with E-state index in [1.807, 2.05) is 0 Å². The van der Waals surface area contributed by atoms with Gasteiger partial charge < -0.3 is 15.3 Å². The molecule has 4 heteroatoms. The lowest BCUT2D eigenvalue weighted by Crippen LogP contribution is -2.26. The van der Waals surface area contributed by atoms with Gasteiger partial charge in [0.25, 0.3) is 0 Å². The van der Waals surface area contributed by atoms with E-state index in [0.717, 1.165) is 25.9 Å². The lowest BCUT2D eigenvalue weighted by Gasteiger charge is -2.11. The number of nitrogens with one attached hydrogen (secondary N) is 1. The average Bonchev–Trinajstić information content (AvgIpc) is 2.03. The largest absolute Gasteiger partial charge is 0.465 e. The Bertz CT molecular complexity index is 128. The van der Waals surface area contributed by atoms with Crippen LogP contribution in [0, 0.1) is 0 Å². The Morgan fingerprint density at radius 1 is 1.50 bits per heavy atom. The van der Waals surface area contributed by atoms with Crippen LogP contribution < -0.4 is 5.32 Å². The van der Waals surface area contributed by atoms with E-state index < -0.39 is 6.09 Å². The van der Waals surface area contributed by atoms with Gasteiger partial charge in [0.1, 0.15) is 0 Å². The van der Waals surface area contributed by atoms with E-state index in [9.17, 15) is 4.79 Å². The predicted molar refractivity (Wildman–Crippen MR) is 48.4 cm³/mol. The van der Waals surface area contributed by atoms with Crippen molar-refractivity contribution in [2.75, 3.05) is 26.7 Å². The van der Waals surface area contributed by atoms with Gasteiger partial charge in [-0.2, -0.15) is 0 Å². The van der Waals surface area contributed by atoms with Gasteiger partial charge in [0.05, 0.1) is 0 Å². The van der Waals surface area contributed by atoms with Gasteiger partial charge in [-0.05, 0) is 25.9 Å². The second-order valence-corrected chi connectivity index (χ2v) is 2.76. The van der Waals surface area contributed by atoms with E-state index >= 15 is 0 Å². The number of nitrogens with zero attached hydrogens (tertiary/aromatic N) is 1. The number of carboxylic acid groups (broad SMARTS) is 1. The molecule has 0 unspecified atom stereocenters. The summed E-state index contributed by atoms with van der Waals surface area (Å²) in [6.45, 7) is 4.64. The molecule has 0 aromatic carbocycles. The van der Waals surface area contributed by atoms with Crippen molar-refractivity contribution in [3.63, 3.8) is 0 Å². The summed E-state index contributed by atoms with van der Waals surface area (Å²) in [5, 5.41) is 11.7. The third-order valence-corrected chi connectivity index (χ3v) is 1.67. The van der Waals surface area contributed by atoms with Gasteiger partial charge in [-0.1, -0.05) is 6.92 Å². The topological polar surface area (TPSA) is 52.6 Å². The Morgan fingerprint density at radius 2 is 2.17 bits per heavy atom. The highest BCUT2D eigenvalue weighted by molar-refractivity contribution is 5.64. The van der Waals surface area contributed by atoms with Crippen molar-refractivity contribution in [1.29, 1.82) is 0 Å². The van der Waals surface area contributed by atoms with Crippen LogP contribution in [0.4, 0.5) is 4.79 Å². The molecule has 0 saturated heterocycles. The molecule has 0 aliphatic carbocycles. The van der Waals surface area contributed by atoms with Gasteiger partial charge in [-0.3, -0.25) is 0 Å². The summed E-state index contributed by atoms with van der Waals surface area (Å²) in [5.41, 5.74) is 0. The first-order valence-electron chi connectivity index (χ1n) is 4.33. The Morgan fingerprint density at radius 3 is 2.67 bits per heavy atom. The Balaban J connectivity index is 3.14. The van der Waals surface area contributed by atoms with Gasteiger partial charge in [0.2, 0.25) is 0 Å². The number of hydrogen-bond donors (Lipinski definition) is 2. The van der Waals surface area contributed by atoms with E-state index in [1.54, 1.807) is 7.05 Å². The van der Waals surface area contributed by atoms with E-state index in [0.29, 0.717) is 6.54 Å². The molecule has 72 valence electrons. The minimum absolute atomic E-state index is 0.626. The van der Waals surface area contributed by atoms with Crippen LogP contribution in [0.5, 0.6) is 0 Å². The predicted octanol–water partition coefficient (Wildman–Crippen LogP) is 0.986. The SMILES string of the molecule is CCNCCCCN(C)C(=O)O. The molecule has 0 aromatic heterocycles. The van der Waals surface area contributed by atoms with Gasteiger partial charge >= 0.3 is 6.09 Å². The molecule has 0 rings (SSSR count). The normalized spacial score (nSPS) is 9.83. The summed E-state index contributed by atoms with van der Waals surface area (Å²) in [5.74, 6) is 0. The van der Waals surface area contributed by atoms with Crippen molar-refractivity contribution < 1.29 is 9.90 Å². The van der Waals surface area contributed by atoms with Crippen LogP contribution in [0.15, 0.2) is 0 Å². The number of hydrogen-bond acceptors (Lipinski definition) is 2. The fourth-order valence-electron chi connectivity index (χ4n) is 0.871. The number of carbonyl (C=O) groups is 1. The fraction of sp³-hybridized carbons (Fsp3) is 0.875. The molecule has 0 saturated carbocycles. The molecule has 0 aliphatic rings. The van der Waals surface area contributed by atoms with Crippen LogP contribution in [-0.4, -0.2) is 42.8 Å². The maximum atomic E-state index is 10.3. The summed E-state index contributed by atoms with van der Waals surface area (Å²) in [6, 6.07) is 0. The quantitative estimate of drug-likeness (QED) is 0.590. The summed E-state index contributed by atoms with van der Waals surface area (Å²) in [4.78, 5) is 11.6. The van der Waals surface area contributed by atoms with Gasteiger partial charge in [-0.25, -0.2) is 4.79 Å². The van der Waals surface area contributed by atoms with Crippen LogP contribution in [0.1, 0.15) is 19.8 Å². The number of unbranched alkanes of at least 4 members (excludes halogenated alkanes) is 1. The lowest BCUT2D eigenvalue weighted by molar-refractivity contribution is 0.155. The fourth-order valence-corrected chi connectivity index (χ4v) is 0.871. The first-order chi connectivity index (χ1) is 5.68. The highest BCUT2D eigenvalue weighted by Crippen LogP contribution is 1.91. The average molecular weight is 174 g/mol. The molecule has 0 aromatic rings. The molecule has 0 aliphatic heterocycles. The van der Waals surface area contributed by atoms with Crippen molar-refractivity contribution in [3.8, 4) is 0 Å². The molecular formula is C8H18N2O2. The van der Waals surface area contributed by atoms with Crippen molar-refractivity contribution >= 4 is 6.09 Å². The second kappa shape index (κ2) is 6.91. The molecule has 0 radical (unpaired) electrons. The number of amides is 1. The third kappa shape index (κ3) is 5.97. The zero-order valence-electron chi connectivity index (χ0n) is 7.84. The molecule has 2 N–H and O–H groups in total. The molecule has 0 bridgehead atoms. The molecule has 0 fully saturated rings.